The SMILES string of the molecule is CC(C)C(=O)NCCNC(=O)CBr. The van der Waals surface area contributed by atoms with Crippen LogP contribution in [0.3, 0.4) is 0 Å². The lowest BCUT2D eigenvalue weighted by Gasteiger charge is -2.07. The Morgan fingerprint density at radius 2 is 1.77 bits per heavy atom. The summed E-state index contributed by atoms with van der Waals surface area (Å²) >= 11 is 3.02. The summed E-state index contributed by atoms with van der Waals surface area (Å²) in [4.78, 5) is 21.7. The van der Waals surface area contributed by atoms with E-state index in [1.807, 2.05) is 13.8 Å². The fourth-order valence-electron chi connectivity index (χ4n) is 0.639. The third-order valence-corrected chi connectivity index (χ3v) is 1.90. The molecule has 0 bridgehead atoms. The molecule has 0 rings (SSSR count). The third kappa shape index (κ3) is 6.57. The molecule has 0 aliphatic carbocycles. The lowest BCUT2D eigenvalue weighted by molar-refractivity contribution is -0.124. The number of amides is 2. The van der Waals surface area contributed by atoms with E-state index in [1.54, 1.807) is 0 Å². The van der Waals surface area contributed by atoms with Crippen molar-refractivity contribution in [1.29, 1.82) is 0 Å². The van der Waals surface area contributed by atoms with Crippen molar-refractivity contribution in [2.45, 2.75) is 13.8 Å². The van der Waals surface area contributed by atoms with Crippen LogP contribution >= 0.6 is 15.9 Å². The molecule has 0 spiro atoms. The molecule has 0 saturated carbocycles. The van der Waals surface area contributed by atoms with Gasteiger partial charge in [-0.05, 0) is 0 Å². The van der Waals surface area contributed by atoms with Gasteiger partial charge in [0.05, 0.1) is 5.33 Å². The van der Waals surface area contributed by atoms with E-state index in [9.17, 15) is 9.59 Å². The average molecular weight is 251 g/mol. The normalized spacial score (nSPS) is 9.85. The topological polar surface area (TPSA) is 58.2 Å². The summed E-state index contributed by atoms with van der Waals surface area (Å²) in [5, 5.41) is 5.62. The summed E-state index contributed by atoms with van der Waals surface area (Å²) in [6.07, 6.45) is 0. The highest BCUT2D eigenvalue weighted by Crippen LogP contribution is 1.88. The molecule has 76 valence electrons. The zero-order chi connectivity index (χ0) is 10.3. The molecule has 0 aliphatic rings. The van der Waals surface area contributed by atoms with Crippen LogP contribution in [-0.4, -0.2) is 30.2 Å². The van der Waals surface area contributed by atoms with E-state index in [0.717, 1.165) is 0 Å². The van der Waals surface area contributed by atoms with Crippen LogP contribution in [0.25, 0.3) is 0 Å². The summed E-state index contributed by atoms with van der Waals surface area (Å²) in [5.74, 6) is -0.0706. The van der Waals surface area contributed by atoms with Crippen molar-refractivity contribution in [2.75, 3.05) is 18.4 Å². The Morgan fingerprint density at radius 3 is 2.23 bits per heavy atom. The van der Waals surface area contributed by atoms with Gasteiger partial charge in [0.2, 0.25) is 11.8 Å². The van der Waals surface area contributed by atoms with Crippen LogP contribution in [0.2, 0.25) is 0 Å². The van der Waals surface area contributed by atoms with Crippen LogP contribution in [0.5, 0.6) is 0 Å². The molecule has 2 amide bonds. The Bertz CT molecular complexity index is 183. The third-order valence-electron chi connectivity index (χ3n) is 1.39. The van der Waals surface area contributed by atoms with Crippen LogP contribution < -0.4 is 10.6 Å². The maximum atomic E-state index is 11.0. The van der Waals surface area contributed by atoms with Crippen molar-refractivity contribution in [1.82, 2.24) is 10.6 Å². The molecule has 0 heterocycles. The lowest BCUT2D eigenvalue weighted by atomic mass is 10.2. The van der Waals surface area contributed by atoms with Crippen LogP contribution in [0.4, 0.5) is 0 Å². The molecule has 0 radical (unpaired) electrons. The van der Waals surface area contributed by atoms with Crippen molar-refractivity contribution in [2.24, 2.45) is 5.92 Å². The summed E-state index contributed by atoms with van der Waals surface area (Å²) in [6, 6.07) is 0. The first-order valence-electron chi connectivity index (χ1n) is 4.18. The van der Waals surface area contributed by atoms with Crippen LogP contribution in [0, 0.1) is 5.92 Å². The monoisotopic (exact) mass is 250 g/mol. The maximum absolute atomic E-state index is 11.0. The highest BCUT2D eigenvalue weighted by atomic mass is 79.9. The Kier molecular flexibility index (Phi) is 6.58. The number of halogens is 1. The molecule has 2 N–H and O–H groups in total. The number of nitrogens with one attached hydrogen (secondary N) is 2. The van der Waals surface area contributed by atoms with Gasteiger partial charge in [-0.3, -0.25) is 9.59 Å². The number of carbonyl (C=O) groups is 2. The highest BCUT2D eigenvalue weighted by molar-refractivity contribution is 9.09. The van der Waals surface area contributed by atoms with Crippen LogP contribution in [-0.2, 0) is 9.59 Å². The van der Waals surface area contributed by atoms with Crippen molar-refractivity contribution in [3.63, 3.8) is 0 Å². The van der Waals surface area contributed by atoms with Gasteiger partial charge in [-0.1, -0.05) is 29.8 Å². The molecule has 0 aromatic heterocycles. The molecule has 0 atom stereocenters. The van der Waals surface area contributed by atoms with Crippen molar-refractivity contribution >= 4 is 27.7 Å². The second-order valence-electron chi connectivity index (χ2n) is 2.93. The molecule has 5 heteroatoms. The minimum Gasteiger partial charge on any atom is -0.354 e. The highest BCUT2D eigenvalue weighted by Gasteiger charge is 2.04. The number of hydrogen-bond donors (Lipinski definition) is 2. The van der Waals surface area contributed by atoms with Crippen LogP contribution in [0.15, 0.2) is 0 Å². The van der Waals surface area contributed by atoms with E-state index in [-0.39, 0.29) is 17.7 Å². The lowest BCUT2D eigenvalue weighted by Crippen LogP contribution is -2.36. The molecular formula is C8H15BrN2O2. The van der Waals surface area contributed by atoms with Gasteiger partial charge >= 0.3 is 0 Å². The maximum Gasteiger partial charge on any atom is 0.230 e. The fourth-order valence-corrected chi connectivity index (χ4v) is 0.837. The first-order valence-corrected chi connectivity index (χ1v) is 5.30. The van der Waals surface area contributed by atoms with Gasteiger partial charge < -0.3 is 10.6 Å². The minimum absolute atomic E-state index is 0.00749. The van der Waals surface area contributed by atoms with Gasteiger partial charge in [0.1, 0.15) is 0 Å². The second kappa shape index (κ2) is 6.88. The summed E-state index contributed by atoms with van der Waals surface area (Å²) in [7, 11) is 0. The standard InChI is InChI=1S/C8H15BrN2O2/c1-6(2)8(13)11-4-3-10-7(12)5-9/h6H,3-5H2,1-2H3,(H,10,12)(H,11,13). The average Bonchev–Trinajstić information content (AvgIpc) is 2.11. The van der Waals surface area contributed by atoms with E-state index in [4.69, 9.17) is 0 Å². The van der Waals surface area contributed by atoms with E-state index in [0.29, 0.717) is 18.4 Å². The smallest absolute Gasteiger partial charge is 0.230 e. The molecule has 0 aliphatic heterocycles. The zero-order valence-electron chi connectivity index (χ0n) is 7.89. The molecule has 0 saturated heterocycles. The summed E-state index contributed by atoms with van der Waals surface area (Å²) < 4.78 is 0. The van der Waals surface area contributed by atoms with Gasteiger partial charge in [-0.25, -0.2) is 0 Å². The zero-order valence-corrected chi connectivity index (χ0v) is 9.48. The van der Waals surface area contributed by atoms with Gasteiger partial charge in [0, 0.05) is 19.0 Å². The Balaban J connectivity index is 3.36. The molecule has 4 nitrogen and oxygen atoms in total. The second-order valence-corrected chi connectivity index (χ2v) is 3.49. The Morgan fingerprint density at radius 1 is 1.23 bits per heavy atom. The Hall–Kier alpha value is -0.580. The van der Waals surface area contributed by atoms with Crippen molar-refractivity contribution in [3.05, 3.63) is 0 Å². The van der Waals surface area contributed by atoms with E-state index in [2.05, 4.69) is 26.6 Å². The number of carbonyl (C=O) groups excluding carboxylic acids is 2. The van der Waals surface area contributed by atoms with Crippen molar-refractivity contribution < 1.29 is 9.59 Å². The summed E-state index contributed by atoms with van der Waals surface area (Å²) in [6.45, 7) is 4.61. The van der Waals surface area contributed by atoms with E-state index >= 15 is 0 Å². The van der Waals surface area contributed by atoms with Gasteiger partial charge in [-0.15, -0.1) is 0 Å². The molecule has 0 unspecified atom stereocenters. The van der Waals surface area contributed by atoms with Gasteiger partial charge in [0.15, 0.2) is 0 Å². The predicted octanol–water partition coefficient (Wildman–Crippen LogP) is 0.270. The number of hydrogen-bond acceptors (Lipinski definition) is 2. The van der Waals surface area contributed by atoms with Crippen LogP contribution in [0.1, 0.15) is 13.8 Å². The van der Waals surface area contributed by atoms with E-state index in [1.165, 1.54) is 0 Å². The minimum atomic E-state index is -0.0706. The molecule has 13 heavy (non-hydrogen) atoms. The predicted molar refractivity (Wildman–Crippen MR) is 54.7 cm³/mol. The molecule has 0 aromatic rings. The van der Waals surface area contributed by atoms with Crippen molar-refractivity contribution in [3.8, 4) is 0 Å². The van der Waals surface area contributed by atoms with Gasteiger partial charge in [-0.2, -0.15) is 0 Å². The summed E-state index contributed by atoms with van der Waals surface area (Å²) in [5.41, 5.74) is 0. The number of rotatable bonds is 5. The Labute approximate surface area is 86.6 Å². The largest absolute Gasteiger partial charge is 0.354 e. The molecule has 0 aromatic carbocycles. The molecular weight excluding hydrogens is 236 g/mol. The first kappa shape index (κ1) is 12.4. The van der Waals surface area contributed by atoms with E-state index < -0.39 is 0 Å². The fraction of sp³-hybridized carbons (Fsp3) is 0.750. The quantitative estimate of drug-likeness (QED) is 0.544. The molecule has 0 fully saturated rings. The number of alkyl halides is 1. The van der Waals surface area contributed by atoms with Gasteiger partial charge in [0.25, 0.3) is 0 Å². The first-order chi connectivity index (χ1) is 6.07.